The fraction of sp³-hybridized carbons (Fsp3) is 0.839. The summed E-state index contributed by atoms with van der Waals surface area (Å²) in [6.45, 7) is 18.8. The van der Waals surface area contributed by atoms with Crippen molar-refractivity contribution in [3.63, 3.8) is 0 Å². The first-order chi connectivity index (χ1) is 15.5. The highest BCUT2D eigenvalue weighted by molar-refractivity contribution is 5.66. The lowest BCUT2D eigenvalue weighted by Crippen LogP contribution is -2.53. The van der Waals surface area contributed by atoms with E-state index in [4.69, 9.17) is 4.74 Å². The van der Waals surface area contributed by atoms with Gasteiger partial charge in [-0.1, -0.05) is 72.3 Å². The minimum atomic E-state index is -0.123. The molecule has 186 valence electrons. The summed E-state index contributed by atoms with van der Waals surface area (Å²) in [6.07, 6.45) is 16.6. The molecule has 2 heteroatoms. The maximum Gasteiger partial charge on any atom is 0.302 e. The average Bonchev–Trinajstić information content (AvgIpc) is 3.09. The van der Waals surface area contributed by atoms with Crippen LogP contribution in [-0.2, 0) is 9.53 Å². The van der Waals surface area contributed by atoms with E-state index in [1.165, 1.54) is 32.1 Å². The molecule has 3 saturated carbocycles. The number of esters is 1. The van der Waals surface area contributed by atoms with Crippen LogP contribution in [0.5, 0.6) is 0 Å². The Labute approximate surface area is 204 Å². The Kier molecular flexibility index (Phi) is 6.98. The van der Waals surface area contributed by atoms with Crippen LogP contribution in [0.15, 0.2) is 23.8 Å². The molecule has 2 nitrogen and oxygen atoms in total. The largest absolute Gasteiger partial charge is 0.462 e. The summed E-state index contributed by atoms with van der Waals surface area (Å²) in [7, 11) is 0. The van der Waals surface area contributed by atoms with Gasteiger partial charge in [-0.2, -0.15) is 0 Å². The molecule has 10 atom stereocenters. The van der Waals surface area contributed by atoms with Gasteiger partial charge < -0.3 is 4.74 Å². The molecule has 0 aromatic carbocycles. The van der Waals surface area contributed by atoms with Crippen molar-refractivity contribution in [2.45, 2.75) is 106 Å². The summed E-state index contributed by atoms with van der Waals surface area (Å²) in [4.78, 5) is 11.6. The minimum absolute atomic E-state index is 0.0937. The lowest BCUT2D eigenvalue weighted by molar-refractivity contribution is -0.149. The molecule has 33 heavy (non-hydrogen) atoms. The van der Waals surface area contributed by atoms with Crippen molar-refractivity contribution < 1.29 is 9.53 Å². The van der Waals surface area contributed by atoms with E-state index in [-0.39, 0.29) is 12.1 Å². The molecule has 0 saturated heterocycles. The zero-order valence-electron chi connectivity index (χ0n) is 22.7. The summed E-state index contributed by atoms with van der Waals surface area (Å²) in [5.74, 6) is 5.88. The van der Waals surface area contributed by atoms with Gasteiger partial charge in [0.2, 0.25) is 0 Å². The van der Waals surface area contributed by atoms with E-state index >= 15 is 0 Å². The van der Waals surface area contributed by atoms with Crippen molar-refractivity contribution in [3.05, 3.63) is 23.8 Å². The molecule has 0 unspecified atom stereocenters. The predicted octanol–water partition coefficient (Wildman–Crippen LogP) is 8.23. The highest BCUT2D eigenvalue weighted by atomic mass is 16.5. The molecule has 0 aromatic heterocycles. The molecule has 0 bridgehead atoms. The lowest BCUT2D eigenvalue weighted by atomic mass is 9.45. The van der Waals surface area contributed by atoms with Crippen LogP contribution in [-0.4, -0.2) is 12.1 Å². The van der Waals surface area contributed by atoms with E-state index in [1.54, 1.807) is 12.5 Å². The average molecular weight is 455 g/mol. The Morgan fingerprint density at radius 1 is 1.03 bits per heavy atom. The molecule has 0 aliphatic heterocycles. The van der Waals surface area contributed by atoms with Gasteiger partial charge in [0.05, 0.1) is 0 Å². The molecule has 0 N–H and O–H groups in total. The Bertz CT molecular complexity index is 793. The second kappa shape index (κ2) is 9.19. The molecule has 0 heterocycles. The molecule has 0 aromatic rings. The van der Waals surface area contributed by atoms with Crippen LogP contribution >= 0.6 is 0 Å². The first-order valence-corrected chi connectivity index (χ1v) is 14.0. The SMILES string of the molecule is CC(=O)O[C@@H]1CC[C@]2(C)C(=C[C@H](C)[C@H]3[C@@H]4CC[C@H]([C@H](C)/C=C/[C@@H](C)C(C)C)[C@@]4(C)CC[C@@H]32)C1. The van der Waals surface area contributed by atoms with Gasteiger partial charge in [0.1, 0.15) is 6.10 Å². The number of ether oxygens (including phenoxy) is 1. The third kappa shape index (κ3) is 4.38. The molecule has 0 spiro atoms. The van der Waals surface area contributed by atoms with Gasteiger partial charge in [0.25, 0.3) is 0 Å². The van der Waals surface area contributed by atoms with Gasteiger partial charge >= 0.3 is 5.97 Å². The highest BCUT2D eigenvalue weighted by Crippen LogP contribution is 2.68. The number of hydrogen-bond acceptors (Lipinski definition) is 2. The van der Waals surface area contributed by atoms with Crippen LogP contribution in [0.25, 0.3) is 0 Å². The normalized spacial score (nSPS) is 44.6. The van der Waals surface area contributed by atoms with Crippen molar-refractivity contribution in [1.82, 2.24) is 0 Å². The van der Waals surface area contributed by atoms with Gasteiger partial charge in [-0.15, -0.1) is 0 Å². The second-order valence-electron chi connectivity index (χ2n) is 13.3. The Morgan fingerprint density at radius 2 is 1.76 bits per heavy atom. The van der Waals surface area contributed by atoms with E-state index in [0.29, 0.717) is 28.6 Å². The maximum absolute atomic E-state index is 11.6. The van der Waals surface area contributed by atoms with Crippen molar-refractivity contribution in [1.29, 1.82) is 0 Å². The third-order valence-electron chi connectivity index (χ3n) is 11.2. The summed E-state index contributed by atoms with van der Waals surface area (Å²) in [5, 5.41) is 0. The van der Waals surface area contributed by atoms with Crippen LogP contribution in [0.2, 0.25) is 0 Å². The van der Waals surface area contributed by atoms with Crippen molar-refractivity contribution in [2.75, 3.05) is 0 Å². The Morgan fingerprint density at radius 3 is 2.42 bits per heavy atom. The first kappa shape index (κ1) is 25.1. The highest BCUT2D eigenvalue weighted by Gasteiger charge is 2.60. The summed E-state index contributed by atoms with van der Waals surface area (Å²) < 4.78 is 5.65. The molecule has 3 fully saturated rings. The zero-order chi connectivity index (χ0) is 24.1. The van der Waals surface area contributed by atoms with Crippen molar-refractivity contribution >= 4 is 5.97 Å². The smallest absolute Gasteiger partial charge is 0.302 e. The topological polar surface area (TPSA) is 26.3 Å². The number of hydrogen-bond donors (Lipinski definition) is 0. The van der Waals surface area contributed by atoms with Gasteiger partial charge in [0, 0.05) is 13.3 Å². The van der Waals surface area contributed by atoms with E-state index in [2.05, 4.69) is 66.7 Å². The number of allylic oxidation sites excluding steroid dienone is 3. The molecule has 4 aliphatic carbocycles. The monoisotopic (exact) mass is 454 g/mol. The lowest BCUT2D eigenvalue weighted by Gasteiger charge is -2.60. The minimum Gasteiger partial charge on any atom is -0.462 e. The van der Waals surface area contributed by atoms with Crippen molar-refractivity contribution in [2.24, 2.45) is 58.2 Å². The van der Waals surface area contributed by atoms with Crippen LogP contribution < -0.4 is 0 Å². The molecule has 4 rings (SSSR count). The van der Waals surface area contributed by atoms with E-state index in [0.717, 1.165) is 42.4 Å². The van der Waals surface area contributed by atoms with Gasteiger partial charge in [0.15, 0.2) is 0 Å². The van der Waals surface area contributed by atoms with Crippen LogP contribution in [0, 0.1) is 58.2 Å². The quantitative estimate of drug-likeness (QED) is 0.309. The number of fused-ring (bicyclic) bond motifs is 5. The van der Waals surface area contributed by atoms with Crippen molar-refractivity contribution in [3.8, 4) is 0 Å². The van der Waals surface area contributed by atoms with Gasteiger partial charge in [-0.25, -0.2) is 0 Å². The maximum atomic E-state index is 11.6. The fourth-order valence-electron chi connectivity index (χ4n) is 8.93. The Hall–Kier alpha value is -1.05. The third-order valence-corrected chi connectivity index (χ3v) is 11.2. The molecular weight excluding hydrogens is 404 g/mol. The summed E-state index contributed by atoms with van der Waals surface area (Å²) >= 11 is 0. The number of carbonyl (C=O) groups excluding carboxylic acids is 1. The number of carbonyl (C=O) groups is 1. The van der Waals surface area contributed by atoms with Crippen LogP contribution in [0.3, 0.4) is 0 Å². The number of rotatable bonds is 5. The molecule has 0 amide bonds. The zero-order valence-corrected chi connectivity index (χ0v) is 22.7. The van der Waals surface area contributed by atoms with E-state index < -0.39 is 0 Å². The van der Waals surface area contributed by atoms with E-state index in [9.17, 15) is 4.79 Å². The summed E-state index contributed by atoms with van der Waals surface area (Å²) in [5.41, 5.74) is 2.40. The van der Waals surface area contributed by atoms with E-state index in [1.807, 2.05) is 0 Å². The summed E-state index contributed by atoms with van der Waals surface area (Å²) in [6, 6.07) is 0. The van der Waals surface area contributed by atoms with Gasteiger partial charge in [-0.3, -0.25) is 4.79 Å². The second-order valence-corrected chi connectivity index (χ2v) is 13.3. The predicted molar refractivity (Wildman–Crippen MR) is 138 cm³/mol. The fourth-order valence-corrected chi connectivity index (χ4v) is 8.93. The first-order valence-electron chi connectivity index (χ1n) is 14.0. The van der Waals surface area contributed by atoms with Crippen LogP contribution in [0.4, 0.5) is 0 Å². The van der Waals surface area contributed by atoms with Gasteiger partial charge in [-0.05, 0) is 96.7 Å². The standard InChI is InChI=1S/C31H50O2/c1-19(2)20(3)9-10-21(4)26-11-12-27-29-22(5)17-24-18-25(33-23(6)32)13-15-30(24,7)28(29)14-16-31(26,27)8/h9-10,17,19-22,25-29H,11-16,18H2,1-8H3/b10-9+/t20-,21-,22+,25-,26-,27+,28+,29+,30-,31-/m1/s1. The van der Waals surface area contributed by atoms with Crippen LogP contribution in [0.1, 0.15) is 100 Å². The molecular formula is C31H50O2. The Balaban J connectivity index is 1.55. The molecule has 0 radical (unpaired) electrons. The molecule has 4 aliphatic rings.